The van der Waals surface area contributed by atoms with Crippen LogP contribution >= 0.6 is 0 Å². The molecule has 1 N–H and O–H groups in total. The van der Waals surface area contributed by atoms with Crippen LogP contribution in [0.1, 0.15) is 32.1 Å². The van der Waals surface area contributed by atoms with Gasteiger partial charge in [-0.25, -0.2) is 0 Å². The zero-order chi connectivity index (χ0) is 13.0. The number of hydrogen-bond donors (Lipinski definition) is 1. The summed E-state index contributed by atoms with van der Waals surface area (Å²) in [6, 6.07) is 0.441. The molecule has 5 nitrogen and oxygen atoms in total. The Morgan fingerprint density at radius 3 is 2.78 bits per heavy atom. The summed E-state index contributed by atoms with van der Waals surface area (Å²) in [4.78, 5) is 12.8. The fraction of sp³-hybridized carbons (Fsp3) is 0.923. The van der Waals surface area contributed by atoms with Gasteiger partial charge in [-0.1, -0.05) is 0 Å². The Kier molecular flexibility index (Phi) is 4.59. The van der Waals surface area contributed by atoms with Crippen LogP contribution in [0.15, 0.2) is 0 Å². The minimum Gasteiger partial charge on any atom is -0.481 e. The minimum atomic E-state index is -0.727. The van der Waals surface area contributed by atoms with Crippen LogP contribution in [0.4, 0.5) is 0 Å². The van der Waals surface area contributed by atoms with Crippen LogP contribution in [0.25, 0.3) is 0 Å². The summed E-state index contributed by atoms with van der Waals surface area (Å²) in [5.41, 5.74) is -0.0152. The highest BCUT2D eigenvalue weighted by Crippen LogP contribution is 2.35. The minimum absolute atomic E-state index is 0.0152. The molecule has 2 aliphatic rings. The fourth-order valence-corrected chi connectivity index (χ4v) is 2.92. The zero-order valence-electron chi connectivity index (χ0n) is 11.1. The molecule has 2 aliphatic heterocycles. The van der Waals surface area contributed by atoms with Crippen LogP contribution in [0.3, 0.4) is 0 Å². The number of carboxylic acid groups (broad SMARTS) is 1. The summed E-state index contributed by atoms with van der Waals surface area (Å²) >= 11 is 0. The van der Waals surface area contributed by atoms with Crippen LogP contribution in [0.5, 0.6) is 0 Å². The first-order valence-electron chi connectivity index (χ1n) is 6.75. The van der Waals surface area contributed by atoms with Gasteiger partial charge >= 0.3 is 5.97 Å². The van der Waals surface area contributed by atoms with Gasteiger partial charge in [-0.2, -0.15) is 0 Å². The average molecular weight is 257 g/mol. The topological polar surface area (TPSA) is 59.0 Å². The van der Waals surface area contributed by atoms with E-state index < -0.39 is 5.97 Å². The van der Waals surface area contributed by atoms with Gasteiger partial charge in [-0.15, -0.1) is 0 Å². The number of rotatable bonds is 4. The number of hydrogen-bond acceptors (Lipinski definition) is 4. The highest BCUT2D eigenvalue weighted by molar-refractivity contribution is 5.66. The van der Waals surface area contributed by atoms with Gasteiger partial charge < -0.3 is 19.5 Å². The van der Waals surface area contributed by atoms with E-state index >= 15 is 0 Å². The van der Waals surface area contributed by atoms with Crippen molar-refractivity contribution in [1.82, 2.24) is 4.90 Å². The molecule has 2 saturated heterocycles. The second-order valence-electron chi connectivity index (χ2n) is 5.41. The van der Waals surface area contributed by atoms with E-state index in [-0.39, 0.29) is 12.0 Å². The maximum absolute atomic E-state index is 10.6. The summed E-state index contributed by atoms with van der Waals surface area (Å²) in [7, 11) is 2.02. The third-order valence-corrected chi connectivity index (χ3v) is 4.17. The molecule has 104 valence electrons. The van der Waals surface area contributed by atoms with E-state index in [1.54, 1.807) is 0 Å². The van der Waals surface area contributed by atoms with E-state index in [1.807, 2.05) is 7.05 Å². The van der Waals surface area contributed by atoms with Crippen molar-refractivity contribution < 1.29 is 19.4 Å². The summed E-state index contributed by atoms with van der Waals surface area (Å²) in [6.45, 7) is 2.96. The SMILES string of the molecule is CN(CCC(=O)O)C1CCOC2(CCOCC2)C1. The summed E-state index contributed by atoms with van der Waals surface area (Å²) in [5, 5.41) is 8.74. The molecule has 0 saturated carbocycles. The number of carbonyl (C=O) groups is 1. The maximum atomic E-state index is 10.6. The Labute approximate surface area is 108 Å². The summed E-state index contributed by atoms with van der Waals surface area (Å²) in [5.74, 6) is -0.727. The predicted octanol–water partition coefficient (Wildman–Crippen LogP) is 1.12. The normalized spacial score (nSPS) is 27.6. The molecule has 0 aromatic rings. The largest absolute Gasteiger partial charge is 0.481 e. The molecule has 1 atom stereocenters. The Morgan fingerprint density at radius 2 is 2.11 bits per heavy atom. The van der Waals surface area contributed by atoms with Crippen molar-refractivity contribution in [2.45, 2.75) is 43.7 Å². The second kappa shape index (κ2) is 5.99. The lowest BCUT2D eigenvalue weighted by Gasteiger charge is -2.45. The molecule has 1 unspecified atom stereocenters. The van der Waals surface area contributed by atoms with Gasteiger partial charge in [0.2, 0.25) is 0 Å². The Bertz CT molecular complexity index is 283. The fourth-order valence-electron chi connectivity index (χ4n) is 2.92. The Balaban J connectivity index is 1.87. The van der Waals surface area contributed by atoms with Crippen LogP contribution in [-0.4, -0.2) is 61.0 Å². The molecule has 18 heavy (non-hydrogen) atoms. The third-order valence-electron chi connectivity index (χ3n) is 4.17. The highest BCUT2D eigenvalue weighted by Gasteiger charge is 2.39. The molecule has 0 aromatic carbocycles. The van der Waals surface area contributed by atoms with Crippen molar-refractivity contribution in [3.63, 3.8) is 0 Å². The lowest BCUT2D eigenvalue weighted by Crippen LogP contribution is -2.50. The second-order valence-corrected chi connectivity index (χ2v) is 5.41. The zero-order valence-corrected chi connectivity index (χ0v) is 11.1. The van der Waals surface area contributed by atoms with Crippen molar-refractivity contribution in [1.29, 1.82) is 0 Å². The number of carboxylic acids is 1. The van der Waals surface area contributed by atoms with Gasteiger partial charge in [0, 0.05) is 32.4 Å². The average Bonchev–Trinajstić information content (AvgIpc) is 2.37. The molecule has 0 amide bonds. The smallest absolute Gasteiger partial charge is 0.304 e. The molecule has 0 bridgehead atoms. The van der Waals surface area contributed by atoms with Crippen molar-refractivity contribution in [2.75, 3.05) is 33.4 Å². The first-order chi connectivity index (χ1) is 8.61. The molecular formula is C13H23NO4. The van der Waals surface area contributed by atoms with E-state index in [2.05, 4.69) is 4.90 Å². The van der Waals surface area contributed by atoms with E-state index in [0.29, 0.717) is 12.6 Å². The van der Waals surface area contributed by atoms with Crippen LogP contribution in [0.2, 0.25) is 0 Å². The molecule has 0 aliphatic carbocycles. The molecule has 2 rings (SSSR count). The van der Waals surface area contributed by atoms with Gasteiger partial charge in [-0.05, 0) is 32.7 Å². The lowest BCUT2D eigenvalue weighted by molar-refractivity contribution is -0.150. The molecule has 2 heterocycles. The van der Waals surface area contributed by atoms with Crippen molar-refractivity contribution in [3.8, 4) is 0 Å². The Hall–Kier alpha value is -0.650. The lowest BCUT2D eigenvalue weighted by atomic mass is 9.83. The Morgan fingerprint density at radius 1 is 1.39 bits per heavy atom. The number of ether oxygens (including phenoxy) is 2. The van der Waals surface area contributed by atoms with Gasteiger partial charge in [0.25, 0.3) is 0 Å². The van der Waals surface area contributed by atoms with Crippen molar-refractivity contribution in [3.05, 3.63) is 0 Å². The van der Waals surface area contributed by atoms with Crippen LogP contribution in [0, 0.1) is 0 Å². The van der Waals surface area contributed by atoms with Gasteiger partial charge in [0.15, 0.2) is 0 Å². The van der Waals surface area contributed by atoms with Crippen molar-refractivity contribution in [2.24, 2.45) is 0 Å². The van der Waals surface area contributed by atoms with E-state index in [0.717, 1.165) is 45.5 Å². The first-order valence-corrected chi connectivity index (χ1v) is 6.75. The molecular weight excluding hydrogens is 234 g/mol. The molecule has 0 radical (unpaired) electrons. The third kappa shape index (κ3) is 3.43. The maximum Gasteiger partial charge on any atom is 0.304 e. The van der Waals surface area contributed by atoms with E-state index in [4.69, 9.17) is 14.6 Å². The summed E-state index contributed by atoms with van der Waals surface area (Å²) in [6.07, 6.45) is 4.15. The van der Waals surface area contributed by atoms with Gasteiger partial charge in [-0.3, -0.25) is 4.79 Å². The van der Waals surface area contributed by atoms with Gasteiger partial charge in [0.1, 0.15) is 0 Å². The van der Waals surface area contributed by atoms with E-state index in [1.165, 1.54) is 0 Å². The predicted molar refractivity (Wildman–Crippen MR) is 66.6 cm³/mol. The number of aliphatic carboxylic acids is 1. The van der Waals surface area contributed by atoms with Gasteiger partial charge in [0.05, 0.1) is 12.0 Å². The summed E-state index contributed by atoms with van der Waals surface area (Å²) < 4.78 is 11.4. The van der Waals surface area contributed by atoms with Crippen LogP contribution in [-0.2, 0) is 14.3 Å². The highest BCUT2D eigenvalue weighted by atomic mass is 16.5. The first kappa shape index (κ1) is 13.8. The quantitative estimate of drug-likeness (QED) is 0.818. The van der Waals surface area contributed by atoms with E-state index in [9.17, 15) is 4.79 Å². The number of nitrogens with zero attached hydrogens (tertiary/aromatic N) is 1. The molecule has 1 spiro atoms. The van der Waals surface area contributed by atoms with Crippen LogP contribution < -0.4 is 0 Å². The van der Waals surface area contributed by atoms with Crippen molar-refractivity contribution >= 4 is 5.97 Å². The molecule has 2 fully saturated rings. The monoisotopic (exact) mass is 257 g/mol. The molecule has 0 aromatic heterocycles. The standard InChI is InChI=1S/C13H23NO4/c1-14(6-2-12(15)16)11-3-7-18-13(10-11)4-8-17-9-5-13/h11H,2-10H2,1H3,(H,15,16). The molecule has 5 heteroatoms.